The van der Waals surface area contributed by atoms with E-state index in [4.69, 9.17) is 4.74 Å². The van der Waals surface area contributed by atoms with Crippen LogP contribution < -0.4 is 10.6 Å². The molecule has 0 spiro atoms. The van der Waals surface area contributed by atoms with E-state index in [1.165, 1.54) is 0 Å². The maximum atomic E-state index is 11.5. The van der Waals surface area contributed by atoms with Gasteiger partial charge in [-0.05, 0) is 39.7 Å². The smallest absolute Gasteiger partial charge is 0.408 e. The van der Waals surface area contributed by atoms with Gasteiger partial charge in [-0.2, -0.15) is 0 Å². The highest BCUT2D eigenvalue weighted by Gasteiger charge is 2.31. The summed E-state index contributed by atoms with van der Waals surface area (Å²) in [5, 5.41) is 15.3. The topological polar surface area (TPSA) is 70.6 Å². The third-order valence-corrected chi connectivity index (χ3v) is 2.59. The van der Waals surface area contributed by atoms with Crippen LogP contribution >= 0.6 is 0 Å². The SMILES string of the molecule is CC1CCNC(O)C1NC(=O)OC(C)(C)C. The number of carbonyl (C=O) groups is 1. The molecule has 5 nitrogen and oxygen atoms in total. The number of rotatable bonds is 1. The number of carbonyl (C=O) groups excluding carboxylic acids is 1. The van der Waals surface area contributed by atoms with Gasteiger partial charge < -0.3 is 15.2 Å². The average Bonchev–Trinajstić information content (AvgIpc) is 2.08. The molecule has 1 aliphatic rings. The number of nitrogens with one attached hydrogen (secondary N) is 2. The van der Waals surface area contributed by atoms with Crippen LogP contribution in [0.3, 0.4) is 0 Å². The first-order valence-corrected chi connectivity index (χ1v) is 5.70. The fourth-order valence-corrected chi connectivity index (χ4v) is 1.74. The summed E-state index contributed by atoms with van der Waals surface area (Å²) in [6.07, 6.45) is -0.249. The predicted molar refractivity (Wildman–Crippen MR) is 60.9 cm³/mol. The highest BCUT2D eigenvalue weighted by molar-refractivity contribution is 5.68. The molecule has 0 aromatic rings. The summed E-state index contributed by atoms with van der Waals surface area (Å²) in [5.74, 6) is 0.240. The quantitative estimate of drug-likeness (QED) is 0.624. The Morgan fingerprint density at radius 1 is 1.50 bits per heavy atom. The standard InChI is InChI=1S/C11H22N2O3/c1-7-5-6-12-9(14)8(7)13-10(15)16-11(2,3)4/h7-9,12,14H,5-6H2,1-4H3,(H,13,15). The minimum Gasteiger partial charge on any atom is -0.444 e. The fourth-order valence-electron chi connectivity index (χ4n) is 1.74. The molecule has 1 fully saturated rings. The van der Waals surface area contributed by atoms with Crippen molar-refractivity contribution in [3.8, 4) is 0 Å². The number of piperidine rings is 1. The minimum atomic E-state index is -0.698. The highest BCUT2D eigenvalue weighted by Crippen LogP contribution is 2.16. The summed E-state index contributed by atoms with van der Waals surface area (Å²) >= 11 is 0. The molecule has 1 rings (SSSR count). The number of ether oxygens (including phenoxy) is 1. The first-order valence-electron chi connectivity index (χ1n) is 5.70. The van der Waals surface area contributed by atoms with E-state index in [-0.39, 0.29) is 12.0 Å². The fraction of sp³-hybridized carbons (Fsp3) is 0.909. The lowest BCUT2D eigenvalue weighted by molar-refractivity contribution is 0.0191. The van der Waals surface area contributed by atoms with Crippen molar-refractivity contribution in [3.63, 3.8) is 0 Å². The van der Waals surface area contributed by atoms with Crippen LogP contribution in [-0.4, -0.2) is 35.6 Å². The molecule has 5 heteroatoms. The molecule has 0 aromatic heterocycles. The Labute approximate surface area is 96.6 Å². The second-order valence-corrected chi connectivity index (χ2v) is 5.34. The summed E-state index contributed by atoms with van der Waals surface area (Å²) in [5.41, 5.74) is -0.514. The van der Waals surface area contributed by atoms with E-state index < -0.39 is 17.9 Å². The lowest BCUT2D eigenvalue weighted by Crippen LogP contribution is -2.57. The number of amides is 1. The second-order valence-electron chi connectivity index (χ2n) is 5.34. The van der Waals surface area contributed by atoms with E-state index in [2.05, 4.69) is 10.6 Å². The summed E-state index contributed by atoms with van der Waals surface area (Å²) in [6.45, 7) is 8.21. The largest absolute Gasteiger partial charge is 0.444 e. The van der Waals surface area contributed by atoms with Gasteiger partial charge in [0.15, 0.2) is 0 Å². The molecule has 1 amide bonds. The molecule has 3 N–H and O–H groups in total. The number of aliphatic hydroxyl groups is 1. The zero-order chi connectivity index (χ0) is 12.3. The van der Waals surface area contributed by atoms with Gasteiger partial charge in [-0.3, -0.25) is 5.32 Å². The molecule has 1 saturated heterocycles. The van der Waals surface area contributed by atoms with Crippen molar-refractivity contribution in [1.82, 2.24) is 10.6 Å². The first-order chi connectivity index (χ1) is 7.29. The van der Waals surface area contributed by atoms with Crippen molar-refractivity contribution in [1.29, 1.82) is 0 Å². The Morgan fingerprint density at radius 2 is 2.12 bits per heavy atom. The van der Waals surface area contributed by atoms with E-state index in [9.17, 15) is 9.90 Å². The van der Waals surface area contributed by atoms with E-state index in [1.807, 2.05) is 27.7 Å². The molecule has 0 radical (unpaired) electrons. The Kier molecular flexibility index (Phi) is 4.15. The average molecular weight is 230 g/mol. The van der Waals surface area contributed by atoms with Gasteiger partial charge in [0.25, 0.3) is 0 Å². The highest BCUT2D eigenvalue weighted by atomic mass is 16.6. The Hall–Kier alpha value is -0.810. The third kappa shape index (κ3) is 3.98. The van der Waals surface area contributed by atoms with Crippen LogP contribution in [0.5, 0.6) is 0 Å². The number of aliphatic hydroxyl groups excluding tert-OH is 1. The van der Waals surface area contributed by atoms with Gasteiger partial charge in [-0.1, -0.05) is 6.92 Å². The first kappa shape index (κ1) is 13.3. The normalized spacial score (nSPS) is 30.9. The lowest BCUT2D eigenvalue weighted by atomic mass is 9.93. The van der Waals surface area contributed by atoms with Crippen molar-refractivity contribution < 1.29 is 14.6 Å². The van der Waals surface area contributed by atoms with Crippen molar-refractivity contribution in [2.75, 3.05) is 6.54 Å². The van der Waals surface area contributed by atoms with Crippen molar-refractivity contribution >= 4 is 6.09 Å². The molecule has 0 aromatic carbocycles. The molecular formula is C11H22N2O3. The maximum Gasteiger partial charge on any atom is 0.408 e. The van der Waals surface area contributed by atoms with Gasteiger partial charge >= 0.3 is 6.09 Å². The van der Waals surface area contributed by atoms with Crippen molar-refractivity contribution in [3.05, 3.63) is 0 Å². The number of alkyl carbamates (subject to hydrolysis) is 1. The Morgan fingerprint density at radius 3 is 2.62 bits per heavy atom. The summed E-state index contributed by atoms with van der Waals surface area (Å²) in [4.78, 5) is 11.5. The molecule has 0 bridgehead atoms. The molecule has 0 saturated carbocycles. The number of hydrogen-bond donors (Lipinski definition) is 3. The van der Waals surface area contributed by atoms with Crippen LogP contribution in [0, 0.1) is 5.92 Å². The van der Waals surface area contributed by atoms with Crippen LogP contribution in [0.4, 0.5) is 4.79 Å². The molecule has 3 atom stereocenters. The van der Waals surface area contributed by atoms with E-state index >= 15 is 0 Å². The van der Waals surface area contributed by atoms with Gasteiger partial charge in [0.05, 0.1) is 6.04 Å². The van der Waals surface area contributed by atoms with Gasteiger partial charge in [0.1, 0.15) is 11.8 Å². The van der Waals surface area contributed by atoms with Gasteiger partial charge in [0.2, 0.25) is 0 Å². The zero-order valence-electron chi connectivity index (χ0n) is 10.4. The van der Waals surface area contributed by atoms with Gasteiger partial charge in [-0.25, -0.2) is 4.79 Å². The molecule has 3 unspecified atom stereocenters. The maximum absolute atomic E-state index is 11.5. The van der Waals surface area contributed by atoms with Crippen molar-refractivity contribution in [2.45, 2.75) is 52.0 Å². The summed E-state index contributed by atoms with van der Waals surface area (Å²) in [7, 11) is 0. The predicted octanol–water partition coefficient (Wildman–Crippen LogP) is 0.828. The Bertz CT molecular complexity index is 240. The summed E-state index contributed by atoms with van der Waals surface area (Å²) in [6, 6.07) is -0.288. The molecule has 1 aliphatic heterocycles. The van der Waals surface area contributed by atoms with Crippen LogP contribution in [-0.2, 0) is 4.74 Å². The van der Waals surface area contributed by atoms with E-state index in [1.54, 1.807) is 0 Å². The molecule has 16 heavy (non-hydrogen) atoms. The van der Waals surface area contributed by atoms with Crippen LogP contribution in [0.15, 0.2) is 0 Å². The molecular weight excluding hydrogens is 208 g/mol. The zero-order valence-corrected chi connectivity index (χ0v) is 10.4. The van der Waals surface area contributed by atoms with Crippen molar-refractivity contribution in [2.24, 2.45) is 5.92 Å². The summed E-state index contributed by atoms with van der Waals surface area (Å²) < 4.78 is 5.15. The minimum absolute atomic E-state index is 0.240. The molecule has 1 heterocycles. The lowest BCUT2D eigenvalue weighted by Gasteiger charge is -2.35. The van der Waals surface area contributed by atoms with E-state index in [0.29, 0.717) is 0 Å². The van der Waals surface area contributed by atoms with Crippen LogP contribution in [0.25, 0.3) is 0 Å². The Balaban J connectivity index is 2.48. The van der Waals surface area contributed by atoms with Gasteiger partial charge in [-0.15, -0.1) is 0 Å². The van der Waals surface area contributed by atoms with Crippen LogP contribution in [0.1, 0.15) is 34.1 Å². The number of hydrogen-bond acceptors (Lipinski definition) is 4. The van der Waals surface area contributed by atoms with E-state index in [0.717, 1.165) is 13.0 Å². The second kappa shape index (κ2) is 5.01. The molecule has 94 valence electrons. The molecule has 0 aliphatic carbocycles. The third-order valence-electron chi connectivity index (χ3n) is 2.59. The monoisotopic (exact) mass is 230 g/mol. The van der Waals surface area contributed by atoms with Gasteiger partial charge in [0, 0.05) is 0 Å². The van der Waals surface area contributed by atoms with Crippen LogP contribution in [0.2, 0.25) is 0 Å².